The number of amides is 2. The van der Waals surface area contributed by atoms with Gasteiger partial charge in [0.15, 0.2) is 0 Å². The first kappa shape index (κ1) is 27.9. The van der Waals surface area contributed by atoms with Gasteiger partial charge in [-0.1, -0.05) is 99.3 Å². The fourth-order valence-electron chi connectivity index (χ4n) is 4.21. The summed E-state index contributed by atoms with van der Waals surface area (Å²) < 4.78 is 0. The summed E-state index contributed by atoms with van der Waals surface area (Å²) in [5.41, 5.74) is 4.83. The molecule has 0 aliphatic heterocycles. The zero-order valence-corrected chi connectivity index (χ0v) is 22.0. The minimum absolute atomic E-state index is 0.106. The molecule has 3 aromatic rings. The summed E-state index contributed by atoms with van der Waals surface area (Å²) in [5.74, 6) is -0.866. The molecule has 37 heavy (non-hydrogen) atoms. The molecule has 0 aliphatic carbocycles. The van der Waals surface area contributed by atoms with Gasteiger partial charge in [0.05, 0.1) is 0 Å². The van der Waals surface area contributed by atoms with Crippen LogP contribution in [0.5, 0.6) is 0 Å². The molecule has 6 heteroatoms. The number of carboxylic acid groups (broad SMARTS) is 1. The van der Waals surface area contributed by atoms with Crippen LogP contribution >= 0.6 is 0 Å². The molecule has 0 radical (unpaired) electrons. The van der Waals surface area contributed by atoms with E-state index in [2.05, 4.69) is 17.6 Å². The van der Waals surface area contributed by atoms with Crippen LogP contribution in [0.2, 0.25) is 0 Å². The van der Waals surface area contributed by atoms with Gasteiger partial charge in [0, 0.05) is 25.8 Å². The number of urea groups is 1. The van der Waals surface area contributed by atoms with E-state index in [9.17, 15) is 14.7 Å². The highest BCUT2D eigenvalue weighted by Gasteiger charge is 2.17. The Morgan fingerprint density at radius 2 is 1.57 bits per heavy atom. The van der Waals surface area contributed by atoms with E-state index < -0.39 is 12.0 Å². The van der Waals surface area contributed by atoms with Crippen molar-refractivity contribution in [2.24, 2.45) is 0 Å². The number of nitrogens with one attached hydrogen (secondary N) is 2. The first-order valence-electron chi connectivity index (χ1n) is 13.2. The number of carboxylic acids is 1. The summed E-state index contributed by atoms with van der Waals surface area (Å²) in [6.07, 6.45) is 6.19. The maximum atomic E-state index is 12.6. The number of hydrogen-bond donors (Lipinski definition) is 3. The van der Waals surface area contributed by atoms with Crippen LogP contribution in [0, 0.1) is 0 Å². The number of unbranched alkanes of at least 4 members (excludes halogenated alkanes) is 4. The molecule has 3 aromatic carbocycles. The van der Waals surface area contributed by atoms with Crippen LogP contribution in [-0.2, 0) is 17.8 Å². The Morgan fingerprint density at radius 1 is 0.838 bits per heavy atom. The van der Waals surface area contributed by atoms with E-state index in [-0.39, 0.29) is 6.03 Å². The largest absolute Gasteiger partial charge is 0.480 e. The molecular formula is C31H39N3O3. The maximum Gasteiger partial charge on any atom is 0.321 e. The average Bonchev–Trinajstić information content (AvgIpc) is 2.93. The third kappa shape index (κ3) is 9.07. The lowest BCUT2D eigenvalue weighted by Gasteiger charge is -2.19. The summed E-state index contributed by atoms with van der Waals surface area (Å²) in [6, 6.07) is 24.8. The molecule has 3 N–H and O–H groups in total. The van der Waals surface area contributed by atoms with Gasteiger partial charge < -0.3 is 15.7 Å². The number of nitrogens with zero attached hydrogens (tertiary/aromatic N) is 1. The molecule has 0 aliphatic rings. The summed E-state index contributed by atoms with van der Waals surface area (Å²) in [7, 11) is 1.78. The molecule has 0 fully saturated rings. The van der Waals surface area contributed by atoms with Gasteiger partial charge in [-0.05, 0) is 47.2 Å². The second-order valence-electron chi connectivity index (χ2n) is 9.41. The normalized spacial score (nSPS) is 11.6. The van der Waals surface area contributed by atoms with Crippen molar-refractivity contribution in [3.63, 3.8) is 0 Å². The zero-order chi connectivity index (χ0) is 26.5. The maximum absolute atomic E-state index is 12.6. The summed E-state index contributed by atoms with van der Waals surface area (Å²) in [4.78, 5) is 26.0. The molecule has 0 saturated heterocycles. The number of carbonyl (C=O) groups excluding carboxylic acids is 1. The van der Waals surface area contributed by atoms with Crippen LogP contribution in [0.15, 0.2) is 78.9 Å². The topological polar surface area (TPSA) is 81.7 Å². The quantitative estimate of drug-likeness (QED) is 0.228. The number of aliphatic carboxylic acids is 1. The molecule has 2 amide bonds. The van der Waals surface area contributed by atoms with Crippen molar-refractivity contribution in [1.82, 2.24) is 10.6 Å². The smallest absolute Gasteiger partial charge is 0.321 e. The van der Waals surface area contributed by atoms with Gasteiger partial charge in [0.1, 0.15) is 6.04 Å². The Labute approximate surface area is 220 Å². The molecule has 1 atom stereocenters. The lowest BCUT2D eigenvalue weighted by atomic mass is 10.00. The van der Waals surface area contributed by atoms with Crippen LogP contribution in [0.1, 0.15) is 50.2 Å². The molecule has 0 saturated carbocycles. The molecule has 196 valence electrons. The number of rotatable bonds is 14. The van der Waals surface area contributed by atoms with Gasteiger partial charge in [-0.15, -0.1) is 0 Å². The van der Waals surface area contributed by atoms with Crippen molar-refractivity contribution in [3.8, 4) is 11.1 Å². The summed E-state index contributed by atoms with van der Waals surface area (Å²) in [5, 5.41) is 15.8. The van der Waals surface area contributed by atoms with E-state index >= 15 is 0 Å². The summed E-state index contributed by atoms with van der Waals surface area (Å²) in [6.45, 7) is 3.38. The zero-order valence-electron chi connectivity index (χ0n) is 22.0. The Balaban J connectivity index is 1.57. The van der Waals surface area contributed by atoms with Crippen LogP contribution in [0.3, 0.4) is 0 Å². The standard InChI is InChI=1S/C31H39N3O3/c1-3-4-5-6-10-20-32-31(37)34(2)28-15-11-14-27(22-28)26-18-16-24(17-19-26)21-29(30(35)36)33-23-25-12-8-7-9-13-25/h7-9,11-19,22,29,33H,3-6,10,20-21,23H2,1-2H3,(H,32,37)(H,35,36)/t29-/m0/s1. The lowest BCUT2D eigenvalue weighted by molar-refractivity contribution is -0.139. The van der Waals surface area contributed by atoms with E-state index in [1.807, 2.05) is 78.9 Å². The molecular weight excluding hydrogens is 462 g/mol. The van der Waals surface area contributed by atoms with Crippen LogP contribution in [0.4, 0.5) is 10.5 Å². The van der Waals surface area contributed by atoms with Gasteiger partial charge in [0.25, 0.3) is 0 Å². The highest BCUT2D eigenvalue weighted by Crippen LogP contribution is 2.25. The van der Waals surface area contributed by atoms with E-state index in [1.165, 1.54) is 19.3 Å². The van der Waals surface area contributed by atoms with Crippen molar-refractivity contribution in [1.29, 1.82) is 0 Å². The van der Waals surface area contributed by atoms with Crippen LogP contribution in [-0.4, -0.2) is 36.7 Å². The molecule has 0 spiro atoms. The van der Waals surface area contributed by atoms with E-state index in [0.29, 0.717) is 19.5 Å². The Hall–Kier alpha value is -3.64. The Bertz CT molecular complexity index is 1120. The molecule has 0 unspecified atom stereocenters. The van der Waals surface area contributed by atoms with Gasteiger partial charge in [-0.3, -0.25) is 9.69 Å². The number of hydrogen-bond acceptors (Lipinski definition) is 3. The highest BCUT2D eigenvalue weighted by molar-refractivity contribution is 5.92. The minimum atomic E-state index is -0.866. The number of carbonyl (C=O) groups is 2. The number of benzene rings is 3. The van der Waals surface area contributed by atoms with Crippen molar-refractivity contribution in [2.45, 2.75) is 58.0 Å². The van der Waals surface area contributed by atoms with E-state index in [1.54, 1.807) is 11.9 Å². The molecule has 0 bridgehead atoms. The monoisotopic (exact) mass is 501 g/mol. The van der Waals surface area contributed by atoms with Gasteiger partial charge in [-0.25, -0.2) is 4.79 Å². The van der Waals surface area contributed by atoms with Crippen molar-refractivity contribution in [3.05, 3.63) is 90.0 Å². The SMILES string of the molecule is CCCCCCCNC(=O)N(C)c1cccc(-c2ccc(C[C@H](NCc3ccccc3)C(=O)O)cc2)c1. The first-order chi connectivity index (χ1) is 18.0. The Morgan fingerprint density at radius 3 is 2.27 bits per heavy atom. The second kappa shape index (κ2) is 14.8. The minimum Gasteiger partial charge on any atom is -0.480 e. The molecule has 0 heterocycles. The fraction of sp³-hybridized carbons (Fsp3) is 0.355. The second-order valence-corrected chi connectivity index (χ2v) is 9.41. The van der Waals surface area contributed by atoms with Gasteiger partial charge in [0.2, 0.25) is 0 Å². The third-order valence-corrected chi connectivity index (χ3v) is 6.52. The fourth-order valence-corrected chi connectivity index (χ4v) is 4.21. The van der Waals surface area contributed by atoms with Crippen LogP contribution in [0.25, 0.3) is 11.1 Å². The van der Waals surface area contributed by atoms with E-state index in [4.69, 9.17) is 0 Å². The first-order valence-corrected chi connectivity index (χ1v) is 13.2. The Kier molecular flexibility index (Phi) is 11.2. The van der Waals surface area contributed by atoms with Gasteiger partial charge >= 0.3 is 12.0 Å². The number of anilines is 1. The van der Waals surface area contributed by atoms with Crippen molar-refractivity contribution in [2.75, 3.05) is 18.5 Å². The summed E-state index contributed by atoms with van der Waals surface area (Å²) >= 11 is 0. The molecule has 6 nitrogen and oxygen atoms in total. The van der Waals surface area contributed by atoms with Crippen molar-refractivity contribution < 1.29 is 14.7 Å². The predicted molar refractivity (Wildman–Crippen MR) is 151 cm³/mol. The van der Waals surface area contributed by atoms with E-state index in [0.717, 1.165) is 40.8 Å². The molecule has 3 rings (SSSR count). The lowest BCUT2D eigenvalue weighted by Crippen LogP contribution is -2.38. The third-order valence-electron chi connectivity index (χ3n) is 6.52. The van der Waals surface area contributed by atoms with Crippen LogP contribution < -0.4 is 15.5 Å². The molecule has 0 aromatic heterocycles. The predicted octanol–water partition coefficient (Wildman–Crippen LogP) is 6.26. The average molecular weight is 502 g/mol. The highest BCUT2D eigenvalue weighted by atomic mass is 16.4. The van der Waals surface area contributed by atoms with Crippen molar-refractivity contribution >= 4 is 17.7 Å². The van der Waals surface area contributed by atoms with Gasteiger partial charge in [-0.2, -0.15) is 0 Å².